The van der Waals surface area contributed by atoms with Gasteiger partial charge in [-0.05, 0) is 50.3 Å². The maximum Gasteiger partial charge on any atom is 0.243 e. The molecule has 0 radical (unpaired) electrons. The van der Waals surface area contributed by atoms with Gasteiger partial charge in [0.15, 0.2) is 0 Å². The van der Waals surface area contributed by atoms with Gasteiger partial charge in [-0.2, -0.15) is 0 Å². The van der Waals surface area contributed by atoms with Gasteiger partial charge in [0.05, 0.1) is 28.2 Å². The topological polar surface area (TPSA) is 74.3 Å². The summed E-state index contributed by atoms with van der Waals surface area (Å²) in [5, 5.41) is 6.26. The van der Waals surface area contributed by atoms with Crippen LogP contribution in [-0.4, -0.2) is 47.4 Å². The van der Waals surface area contributed by atoms with Gasteiger partial charge in [0.2, 0.25) is 11.8 Å². The second-order valence-electron chi connectivity index (χ2n) is 9.40. The second kappa shape index (κ2) is 11.7. The monoisotopic (exact) mass is 472 g/mol. The van der Waals surface area contributed by atoms with Crippen molar-refractivity contribution < 1.29 is 9.59 Å². The van der Waals surface area contributed by atoms with Crippen LogP contribution >= 0.6 is 11.3 Å². The van der Waals surface area contributed by atoms with E-state index < -0.39 is 6.04 Å². The number of hydrogen-bond donors (Lipinski definition) is 2. The predicted octanol–water partition coefficient (Wildman–Crippen LogP) is 4.95. The average molecular weight is 473 g/mol. The number of likely N-dealkylation sites (tertiary alicyclic amines) is 1. The number of likely N-dealkylation sites (N-methyl/N-ethyl adjacent to an activating group) is 1. The van der Waals surface area contributed by atoms with E-state index in [1.54, 1.807) is 23.3 Å². The van der Waals surface area contributed by atoms with Crippen LogP contribution in [0.4, 0.5) is 0 Å². The highest BCUT2D eigenvalue weighted by Gasteiger charge is 2.40. The molecule has 1 aliphatic heterocycles. The molecule has 2 heterocycles. The first-order valence-corrected chi connectivity index (χ1v) is 12.8. The van der Waals surface area contributed by atoms with Crippen LogP contribution in [0.2, 0.25) is 0 Å². The highest BCUT2D eigenvalue weighted by atomic mass is 32.1. The van der Waals surface area contributed by atoms with Crippen LogP contribution in [0.25, 0.3) is 10.4 Å². The minimum Gasteiger partial charge on any atom is -0.348 e. The molecule has 2 aromatic rings. The van der Waals surface area contributed by atoms with Crippen LogP contribution in [0.3, 0.4) is 0 Å². The molecule has 0 aliphatic carbocycles. The maximum absolute atomic E-state index is 13.2. The molecule has 7 heteroatoms. The smallest absolute Gasteiger partial charge is 0.243 e. The van der Waals surface area contributed by atoms with E-state index in [1.165, 1.54) is 4.88 Å². The van der Waals surface area contributed by atoms with E-state index in [1.807, 2.05) is 66.1 Å². The third-order valence-corrected chi connectivity index (χ3v) is 6.99. The second-order valence-corrected chi connectivity index (χ2v) is 10.3. The van der Waals surface area contributed by atoms with Crippen molar-refractivity contribution in [1.29, 1.82) is 0 Å². The molecule has 0 bridgehead atoms. The van der Waals surface area contributed by atoms with E-state index in [0.29, 0.717) is 13.0 Å². The fourth-order valence-corrected chi connectivity index (χ4v) is 5.10. The van der Waals surface area contributed by atoms with Crippen LogP contribution in [-0.2, 0) is 9.59 Å². The summed E-state index contributed by atoms with van der Waals surface area (Å²) >= 11 is 1.63. The average Bonchev–Trinajstić information content (AvgIpc) is 3.44. The standard InChI is InChI=1S/C24H34N4O2S.C2H6/c1-15(17-9-11-18(12-10-17)20-16(2)26-14-31-20)27-22(29)19-8-7-13-28(19)23(30)21(25-6)24(3,4)5;1-2/h9-12,14-15,19,21,25H,7-8,13H2,1-6H3,(H,27,29);1-2H3/t15-,19-,21?;/m0./s1. The Bertz CT molecular complexity index is 917. The summed E-state index contributed by atoms with van der Waals surface area (Å²) in [6.45, 7) is 14.7. The van der Waals surface area contributed by atoms with Crippen LogP contribution in [0.5, 0.6) is 0 Å². The Morgan fingerprint density at radius 1 is 1.18 bits per heavy atom. The molecule has 1 unspecified atom stereocenters. The first-order valence-electron chi connectivity index (χ1n) is 11.9. The first kappa shape index (κ1) is 27.0. The molecule has 182 valence electrons. The van der Waals surface area contributed by atoms with Gasteiger partial charge in [-0.25, -0.2) is 4.98 Å². The van der Waals surface area contributed by atoms with Crippen molar-refractivity contribution in [3.05, 3.63) is 41.0 Å². The molecule has 0 saturated carbocycles. The molecule has 6 nitrogen and oxygen atoms in total. The molecule has 1 saturated heterocycles. The lowest BCUT2D eigenvalue weighted by molar-refractivity contribution is -0.142. The zero-order valence-electron chi connectivity index (χ0n) is 21.4. The van der Waals surface area contributed by atoms with Gasteiger partial charge in [-0.1, -0.05) is 58.9 Å². The van der Waals surface area contributed by atoms with Crippen molar-refractivity contribution >= 4 is 23.2 Å². The molecule has 1 fully saturated rings. The molecule has 1 aromatic heterocycles. The zero-order valence-corrected chi connectivity index (χ0v) is 22.2. The molecule has 1 aliphatic rings. The number of benzene rings is 1. The molecule has 3 rings (SSSR count). The van der Waals surface area contributed by atoms with Crippen molar-refractivity contribution in [1.82, 2.24) is 20.5 Å². The summed E-state index contributed by atoms with van der Waals surface area (Å²) in [6.07, 6.45) is 1.55. The number of amides is 2. The van der Waals surface area contributed by atoms with Gasteiger partial charge in [0, 0.05) is 6.54 Å². The van der Waals surface area contributed by atoms with Crippen molar-refractivity contribution in [2.45, 2.75) is 79.4 Å². The molecule has 0 spiro atoms. The van der Waals surface area contributed by atoms with E-state index in [2.05, 4.69) is 27.8 Å². The number of nitrogens with one attached hydrogen (secondary N) is 2. The number of hydrogen-bond acceptors (Lipinski definition) is 5. The third-order valence-electron chi connectivity index (χ3n) is 6.02. The summed E-state index contributed by atoms with van der Waals surface area (Å²) in [5.74, 6) is -0.0749. The van der Waals surface area contributed by atoms with Crippen LogP contribution in [0.1, 0.15) is 71.7 Å². The van der Waals surface area contributed by atoms with Crippen molar-refractivity contribution in [3.8, 4) is 10.4 Å². The summed E-state index contributed by atoms with van der Waals surface area (Å²) < 4.78 is 0. The van der Waals surface area contributed by atoms with Crippen molar-refractivity contribution in [2.75, 3.05) is 13.6 Å². The number of carbonyl (C=O) groups is 2. The SMILES string of the molecule is CC.CNC(C(=O)N1CCC[C@H]1C(=O)N[C@@H](C)c1ccc(-c2scnc2C)cc1)C(C)(C)C. The molecule has 2 N–H and O–H groups in total. The largest absolute Gasteiger partial charge is 0.348 e. The number of carbonyl (C=O) groups excluding carboxylic acids is 2. The summed E-state index contributed by atoms with van der Waals surface area (Å²) in [6, 6.07) is 7.38. The fourth-order valence-electron chi connectivity index (χ4n) is 4.29. The van der Waals surface area contributed by atoms with E-state index >= 15 is 0 Å². The van der Waals surface area contributed by atoms with Gasteiger partial charge in [-0.3, -0.25) is 9.59 Å². The minimum atomic E-state index is -0.410. The highest BCUT2D eigenvalue weighted by Crippen LogP contribution is 2.29. The summed E-state index contributed by atoms with van der Waals surface area (Å²) in [7, 11) is 1.80. The number of thiazole rings is 1. The summed E-state index contributed by atoms with van der Waals surface area (Å²) in [4.78, 5) is 33.5. The Morgan fingerprint density at radius 2 is 1.82 bits per heavy atom. The number of aryl methyl sites for hydroxylation is 1. The molecular formula is C26H40N4O2S. The Hall–Kier alpha value is -2.25. The van der Waals surface area contributed by atoms with Gasteiger partial charge in [0.1, 0.15) is 6.04 Å². The third kappa shape index (κ3) is 6.42. The fraction of sp³-hybridized carbons (Fsp3) is 0.577. The Labute approximate surface area is 203 Å². The lowest BCUT2D eigenvalue weighted by Crippen LogP contribution is -2.55. The van der Waals surface area contributed by atoms with Gasteiger partial charge >= 0.3 is 0 Å². The summed E-state index contributed by atoms with van der Waals surface area (Å²) in [5.41, 5.74) is 4.84. The molecule has 33 heavy (non-hydrogen) atoms. The molecule has 1 aromatic carbocycles. The Kier molecular flexibility index (Phi) is 9.61. The number of aromatic nitrogens is 1. The van der Waals surface area contributed by atoms with Gasteiger partial charge in [0.25, 0.3) is 0 Å². The predicted molar refractivity (Wildman–Crippen MR) is 137 cm³/mol. The van der Waals surface area contributed by atoms with E-state index in [-0.39, 0.29) is 29.3 Å². The Morgan fingerprint density at radius 3 is 2.33 bits per heavy atom. The van der Waals surface area contributed by atoms with Crippen LogP contribution < -0.4 is 10.6 Å². The van der Waals surface area contributed by atoms with Crippen molar-refractivity contribution in [2.24, 2.45) is 5.41 Å². The number of rotatable bonds is 6. The quantitative estimate of drug-likeness (QED) is 0.624. The molecule has 2 amide bonds. The minimum absolute atomic E-state index is 0.00424. The highest BCUT2D eigenvalue weighted by molar-refractivity contribution is 7.13. The van der Waals surface area contributed by atoms with Crippen molar-refractivity contribution in [3.63, 3.8) is 0 Å². The van der Waals surface area contributed by atoms with Gasteiger partial charge in [-0.15, -0.1) is 11.3 Å². The maximum atomic E-state index is 13.2. The first-order chi connectivity index (χ1) is 15.6. The normalized spacial score (nSPS) is 17.7. The molecular weight excluding hydrogens is 432 g/mol. The van der Waals surface area contributed by atoms with E-state index in [4.69, 9.17) is 0 Å². The lowest BCUT2D eigenvalue weighted by atomic mass is 9.86. The van der Waals surface area contributed by atoms with E-state index in [0.717, 1.165) is 23.2 Å². The molecule has 3 atom stereocenters. The number of nitrogens with zero attached hydrogens (tertiary/aromatic N) is 2. The zero-order chi connectivity index (χ0) is 24.8. The Balaban J connectivity index is 0.00000187. The lowest BCUT2D eigenvalue weighted by Gasteiger charge is -2.35. The van der Waals surface area contributed by atoms with E-state index in [9.17, 15) is 9.59 Å². The van der Waals surface area contributed by atoms with Crippen LogP contribution in [0, 0.1) is 12.3 Å². The van der Waals surface area contributed by atoms with Crippen LogP contribution in [0.15, 0.2) is 29.8 Å². The van der Waals surface area contributed by atoms with Gasteiger partial charge < -0.3 is 15.5 Å².